The summed E-state index contributed by atoms with van der Waals surface area (Å²) in [5.41, 5.74) is 1.58. The fourth-order valence-corrected chi connectivity index (χ4v) is 2.24. The number of benzene rings is 2. The van der Waals surface area contributed by atoms with Crippen molar-refractivity contribution in [2.45, 2.75) is 6.10 Å². The van der Waals surface area contributed by atoms with Crippen molar-refractivity contribution >= 4 is 17.1 Å². The molecule has 6 nitrogen and oxygen atoms in total. The van der Waals surface area contributed by atoms with Crippen molar-refractivity contribution in [1.82, 2.24) is 4.98 Å². The predicted octanol–water partition coefficient (Wildman–Crippen LogP) is 1.90. The summed E-state index contributed by atoms with van der Waals surface area (Å²) in [5.74, 6) is -1.69. The van der Waals surface area contributed by atoms with E-state index in [0.717, 1.165) is 0 Å². The number of aliphatic hydroxyl groups excluding tert-OH is 1. The third kappa shape index (κ3) is 2.32. The Kier molecular flexibility index (Phi) is 3.08. The molecule has 3 rings (SSSR count). The van der Waals surface area contributed by atoms with Gasteiger partial charge in [0.1, 0.15) is 6.10 Å². The number of aromatic nitrogens is 1. The number of aliphatic hydroxyl groups is 1. The summed E-state index contributed by atoms with van der Waals surface area (Å²) in [6.45, 7) is 0. The number of nitrogens with one attached hydrogen (secondary N) is 1. The van der Waals surface area contributed by atoms with Crippen LogP contribution in [0.25, 0.3) is 11.1 Å². The molecular formula is C15H11NO5. The first kappa shape index (κ1) is 13.1. The Bertz CT molecular complexity index is 877. The lowest BCUT2D eigenvalue weighted by Crippen LogP contribution is -2.08. The average molecular weight is 285 g/mol. The molecule has 0 spiro atoms. The van der Waals surface area contributed by atoms with E-state index in [-0.39, 0.29) is 11.1 Å². The molecule has 106 valence electrons. The molecule has 1 unspecified atom stereocenters. The minimum atomic E-state index is -1.12. The highest BCUT2D eigenvalue weighted by atomic mass is 16.4. The molecule has 0 saturated carbocycles. The van der Waals surface area contributed by atoms with E-state index in [1.54, 1.807) is 30.3 Å². The molecule has 1 heterocycles. The van der Waals surface area contributed by atoms with Crippen LogP contribution in [-0.2, 0) is 0 Å². The van der Waals surface area contributed by atoms with E-state index in [9.17, 15) is 14.7 Å². The van der Waals surface area contributed by atoms with Crippen LogP contribution in [0.5, 0.6) is 0 Å². The first-order chi connectivity index (χ1) is 10.1. The summed E-state index contributed by atoms with van der Waals surface area (Å²) >= 11 is 0. The van der Waals surface area contributed by atoms with Crippen molar-refractivity contribution in [3.05, 3.63) is 69.7 Å². The van der Waals surface area contributed by atoms with E-state index >= 15 is 0 Å². The maximum absolute atomic E-state index is 11.2. The molecule has 0 aliphatic heterocycles. The van der Waals surface area contributed by atoms with Crippen LogP contribution in [0, 0.1) is 0 Å². The lowest BCUT2D eigenvalue weighted by atomic mass is 9.96. The molecule has 0 bridgehead atoms. The third-order valence-corrected chi connectivity index (χ3v) is 3.25. The van der Waals surface area contributed by atoms with Crippen molar-refractivity contribution in [2.75, 3.05) is 0 Å². The van der Waals surface area contributed by atoms with E-state index in [4.69, 9.17) is 9.52 Å². The quantitative estimate of drug-likeness (QED) is 0.682. The summed E-state index contributed by atoms with van der Waals surface area (Å²) in [7, 11) is 0. The van der Waals surface area contributed by atoms with Crippen LogP contribution >= 0.6 is 0 Å². The summed E-state index contributed by atoms with van der Waals surface area (Å²) in [4.78, 5) is 24.8. The number of rotatable bonds is 3. The zero-order valence-electron chi connectivity index (χ0n) is 10.7. The Morgan fingerprint density at radius 3 is 2.71 bits per heavy atom. The molecule has 0 fully saturated rings. The van der Waals surface area contributed by atoms with E-state index in [1.807, 2.05) is 0 Å². The van der Waals surface area contributed by atoms with E-state index in [1.165, 1.54) is 12.1 Å². The van der Waals surface area contributed by atoms with Gasteiger partial charge in [-0.3, -0.25) is 4.98 Å². The van der Waals surface area contributed by atoms with Crippen LogP contribution < -0.4 is 5.76 Å². The van der Waals surface area contributed by atoms with Crippen LogP contribution in [0.15, 0.2) is 51.7 Å². The number of carbonyl (C=O) groups is 1. The second-order valence-corrected chi connectivity index (χ2v) is 4.57. The number of carboxylic acid groups (broad SMARTS) is 1. The number of carboxylic acids is 1. The van der Waals surface area contributed by atoms with Crippen LogP contribution in [-0.4, -0.2) is 21.2 Å². The topological polar surface area (TPSA) is 104 Å². The maximum Gasteiger partial charge on any atom is 0.417 e. The third-order valence-electron chi connectivity index (χ3n) is 3.25. The molecule has 1 aromatic heterocycles. The highest BCUT2D eigenvalue weighted by molar-refractivity contribution is 5.89. The van der Waals surface area contributed by atoms with Gasteiger partial charge in [0.15, 0.2) is 5.58 Å². The Labute approximate surface area is 118 Å². The van der Waals surface area contributed by atoms with Gasteiger partial charge in [-0.1, -0.05) is 24.3 Å². The van der Waals surface area contributed by atoms with Crippen molar-refractivity contribution in [2.24, 2.45) is 0 Å². The van der Waals surface area contributed by atoms with Gasteiger partial charge in [0.25, 0.3) is 0 Å². The Balaban J connectivity index is 2.09. The Hall–Kier alpha value is -2.86. The minimum Gasteiger partial charge on any atom is -0.478 e. The smallest absolute Gasteiger partial charge is 0.417 e. The van der Waals surface area contributed by atoms with Gasteiger partial charge >= 0.3 is 11.7 Å². The summed E-state index contributed by atoms with van der Waals surface area (Å²) in [6.07, 6.45) is -1.12. The molecule has 3 N–H and O–H groups in total. The van der Waals surface area contributed by atoms with Crippen molar-refractivity contribution in [3.63, 3.8) is 0 Å². The van der Waals surface area contributed by atoms with Gasteiger partial charge in [-0.25, -0.2) is 9.59 Å². The van der Waals surface area contributed by atoms with Gasteiger partial charge in [-0.05, 0) is 29.3 Å². The second kappa shape index (κ2) is 4.92. The molecule has 2 aromatic carbocycles. The van der Waals surface area contributed by atoms with Crippen molar-refractivity contribution < 1.29 is 19.4 Å². The van der Waals surface area contributed by atoms with Gasteiger partial charge in [-0.2, -0.15) is 0 Å². The standard InChI is InChI=1S/C15H11NO5/c17-13(9-3-1-2-4-10(9)14(18)19)8-5-6-11-12(7-8)21-15(20)16-11/h1-7,13,17H,(H,16,20)(H,18,19). The Morgan fingerprint density at radius 1 is 1.19 bits per heavy atom. The molecular weight excluding hydrogens is 274 g/mol. The first-order valence-corrected chi connectivity index (χ1v) is 6.19. The van der Waals surface area contributed by atoms with E-state index in [2.05, 4.69) is 4.98 Å². The number of hydrogen-bond acceptors (Lipinski definition) is 4. The van der Waals surface area contributed by atoms with E-state index < -0.39 is 17.8 Å². The summed E-state index contributed by atoms with van der Waals surface area (Å²) < 4.78 is 4.93. The molecule has 0 aliphatic rings. The fourth-order valence-electron chi connectivity index (χ4n) is 2.24. The van der Waals surface area contributed by atoms with E-state index in [0.29, 0.717) is 16.7 Å². The number of oxazole rings is 1. The van der Waals surface area contributed by atoms with Gasteiger partial charge < -0.3 is 14.6 Å². The van der Waals surface area contributed by atoms with Crippen molar-refractivity contribution in [3.8, 4) is 0 Å². The second-order valence-electron chi connectivity index (χ2n) is 4.57. The fraction of sp³-hybridized carbons (Fsp3) is 0.0667. The van der Waals surface area contributed by atoms with Crippen LogP contribution in [0.3, 0.4) is 0 Å². The highest BCUT2D eigenvalue weighted by Gasteiger charge is 2.18. The molecule has 21 heavy (non-hydrogen) atoms. The number of H-pyrrole nitrogens is 1. The number of aromatic carboxylic acids is 1. The van der Waals surface area contributed by atoms with Crippen LogP contribution in [0.2, 0.25) is 0 Å². The summed E-state index contributed by atoms with van der Waals surface area (Å²) in [6, 6.07) is 10.9. The monoisotopic (exact) mass is 285 g/mol. The highest BCUT2D eigenvalue weighted by Crippen LogP contribution is 2.27. The number of aromatic amines is 1. The van der Waals surface area contributed by atoms with Crippen LogP contribution in [0.4, 0.5) is 0 Å². The zero-order chi connectivity index (χ0) is 15.0. The van der Waals surface area contributed by atoms with Gasteiger partial charge in [-0.15, -0.1) is 0 Å². The minimum absolute atomic E-state index is 0.0284. The average Bonchev–Trinajstić information content (AvgIpc) is 2.85. The molecule has 0 amide bonds. The van der Waals surface area contributed by atoms with Crippen LogP contribution in [0.1, 0.15) is 27.6 Å². The van der Waals surface area contributed by atoms with Crippen molar-refractivity contribution in [1.29, 1.82) is 0 Å². The molecule has 0 saturated heterocycles. The zero-order valence-corrected chi connectivity index (χ0v) is 10.7. The normalized spacial score (nSPS) is 12.4. The van der Waals surface area contributed by atoms with Gasteiger partial charge in [0, 0.05) is 0 Å². The number of fused-ring (bicyclic) bond motifs is 1. The molecule has 0 radical (unpaired) electrons. The Morgan fingerprint density at radius 2 is 1.95 bits per heavy atom. The largest absolute Gasteiger partial charge is 0.478 e. The molecule has 0 aliphatic carbocycles. The molecule has 1 atom stereocenters. The SMILES string of the molecule is O=C(O)c1ccccc1C(O)c1ccc2[nH]c(=O)oc2c1. The molecule has 6 heteroatoms. The lowest BCUT2D eigenvalue weighted by Gasteiger charge is -2.13. The lowest BCUT2D eigenvalue weighted by molar-refractivity contribution is 0.0691. The maximum atomic E-state index is 11.2. The van der Waals surface area contributed by atoms with Gasteiger partial charge in [0.2, 0.25) is 0 Å². The van der Waals surface area contributed by atoms with Gasteiger partial charge in [0.05, 0.1) is 11.1 Å². The predicted molar refractivity (Wildman–Crippen MR) is 74.3 cm³/mol. The number of hydrogen-bond donors (Lipinski definition) is 3. The molecule has 3 aromatic rings. The summed E-state index contributed by atoms with van der Waals surface area (Å²) in [5, 5.41) is 19.6. The first-order valence-electron chi connectivity index (χ1n) is 6.19.